The van der Waals surface area contributed by atoms with E-state index in [0.717, 1.165) is 29.7 Å². The number of phenolic OH excluding ortho intramolecular Hbond substituents is 1. The molecule has 3 heteroatoms. The smallest absolute Gasteiger partial charge is 0.133 e. The van der Waals surface area contributed by atoms with Crippen molar-refractivity contribution >= 4 is 5.78 Å². The summed E-state index contributed by atoms with van der Waals surface area (Å²) < 4.78 is 6.00. The van der Waals surface area contributed by atoms with Gasteiger partial charge in [-0.2, -0.15) is 0 Å². The van der Waals surface area contributed by atoms with Crippen molar-refractivity contribution in [2.75, 3.05) is 6.61 Å². The molecule has 0 radical (unpaired) electrons. The van der Waals surface area contributed by atoms with E-state index in [1.807, 2.05) is 6.07 Å². The second-order valence-electron chi connectivity index (χ2n) is 8.21. The van der Waals surface area contributed by atoms with Gasteiger partial charge in [0.15, 0.2) is 0 Å². The highest BCUT2D eigenvalue weighted by atomic mass is 16.5. The zero-order valence-electron chi connectivity index (χ0n) is 15.2. The maximum absolute atomic E-state index is 11.9. The summed E-state index contributed by atoms with van der Waals surface area (Å²) in [6, 6.07) is 4.02. The Labute approximate surface area is 145 Å². The molecule has 1 heterocycles. The molecule has 0 amide bonds. The Hall–Kier alpha value is -1.51. The molecule has 1 aliphatic carbocycles. The number of benzene rings is 1. The molecule has 1 fully saturated rings. The first kappa shape index (κ1) is 17.3. The summed E-state index contributed by atoms with van der Waals surface area (Å²) >= 11 is 0. The van der Waals surface area contributed by atoms with Crippen LogP contribution < -0.4 is 4.74 Å². The standard InChI is InChI=1S/C21H30O3/c1-4-5-6-9-21(2,3)15-10-18(23)20-17-12-16(22)8-7-14(17)13-24-19(20)11-15/h10-11,14,17,23H,4-9,12-13H2,1-3H3. The van der Waals surface area contributed by atoms with Crippen molar-refractivity contribution < 1.29 is 14.6 Å². The lowest BCUT2D eigenvalue weighted by Crippen LogP contribution is -2.32. The van der Waals surface area contributed by atoms with Crippen LogP contribution in [0.25, 0.3) is 0 Å². The molecule has 2 aliphatic rings. The van der Waals surface area contributed by atoms with Crippen LogP contribution in [-0.2, 0) is 10.2 Å². The van der Waals surface area contributed by atoms with Crippen molar-refractivity contribution in [1.29, 1.82) is 0 Å². The second-order valence-corrected chi connectivity index (χ2v) is 8.21. The topological polar surface area (TPSA) is 46.5 Å². The Kier molecular flexibility index (Phi) is 4.89. The number of ether oxygens (including phenoxy) is 1. The normalized spacial score (nSPS) is 23.4. The number of carbonyl (C=O) groups excluding carboxylic acids is 1. The van der Waals surface area contributed by atoms with Crippen LogP contribution >= 0.6 is 0 Å². The van der Waals surface area contributed by atoms with E-state index in [2.05, 4.69) is 26.8 Å². The van der Waals surface area contributed by atoms with E-state index < -0.39 is 0 Å². The average Bonchev–Trinajstić information content (AvgIpc) is 2.54. The van der Waals surface area contributed by atoms with Gasteiger partial charge in [-0.25, -0.2) is 0 Å². The highest BCUT2D eigenvalue weighted by Crippen LogP contribution is 2.49. The molecule has 0 spiro atoms. The van der Waals surface area contributed by atoms with Gasteiger partial charge >= 0.3 is 0 Å². The van der Waals surface area contributed by atoms with E-state index in [4.69, 9.17) is 4.74 Å². The Morgan fingerprint density at radius 1 is 1.29 bits per heavy atom. The van der Waals surface area contributed by atoms with Crippen LogP contribution in [0.2, 0.25) is 0 Å². The minimum Gasteiger partial charge on any atom is -0.508 e. The van der Waals surface area contributed by atoms with Crippen LogP contribution in [0, 0.1) is 5.92 Å². The second kappa shape index (κ2) is 6.78. The first-order valence-corrected chi connectivity index (χ1v) is 9.44. The largest absolute Gasteiger partial charge is 0.508 e. The van der Waals surface area contributed by atoms with Gasteiger partial charge < -0.3 is 9.84 Å². The molecule has 1 N–H and O–H groups in total. The minimum atomic E-state index is 0.0181. The van der Waals surface area contributed by atoms with E-state index in [-0.39, 0.29) is 11.3 Å². The third-order valence-electron chi connectivity index (χ3n) is 5.94. The van der Waals surface area contributed by atoms with Crippen molar-refractivity contribution in [3.63, 3.8) is 0 Å². The van der Waals surface area contributed by atoms with Gasteiger partial charge in [0.25, 0.3) is 0 Å². The molecule has 0 saturated heterocycles. The van der Waals surface area contributed by atoms with Gasteiger partial charge in [0.2, 0.25) is 0 Å². The summed E-state index contributed by atoms with van der Waals surface area (Å²) in [6.45, 7) is 7.36. The molecule has 0 bridgehead atoms. The van der Waals surface area contributed by atoms with Crippen LogP contribution in [0.15, 0.2) is 12.1 Å². The number of carbonyl (C=O) groups is 1. The number of fused-ring (bicyclic) bond motifs is 3. The van der Waals surface area contributed by atoms with Gasteiger partial charge in [-0.1, -0.05) is 40.0 Å². The van der Waals surface area contributed by atoms with Gasteiger partial charge in [0.1, 0.15) is 17.3 Å². The van der Waals surface area contributed by atoms with E-state index in [1.165, 1.54) is 19.3 Å². The fraction of sp³-hybridized carbons (Fsp3) is 0.667. The summed E-state index contributed by atoms with van der Waals surface area (Å²) in [5, 5.41) is 10.7. The Morgan fingerprint density at radius 3 is 2.83 bits per heavy atom. The van der Waals surface area contributed by atoms with Crippen LogP contribution in [0.4, 0.5) is 0 Å². The minimum absolute atomic E-state index is 0.0181. The third-order valence-corrected chi connectivity index (χ3v) is 5.94. The van der Waals surface area contributed by atoms with Gasteiger partial charge in [0.05, 0.1) is 6.61 Å². The molecule has 24 heavy (non-hydrogen) atoms. The molecule has 132 valence electrons. The number of phenols is 1. The number of hydrogen-bond acceptors (Lipinski definition) is 3. The third kappa shape index (κ3) is 3.31. The van der Waals surface area contributed by atoms with Crippen LogP contribution in [0.5, 0.6) is 11.5 Å². The quantitative estimate of drug-likeness (QED) is 0.764. The van der Waals surface area contributed by atoms with Crippen LogP contribution in [-0.4, -0.2) is 17.5 Å². The van der Waals surface area contributed by atoms with Gasteiger partial charge in [-0.3, -0.25) is 4.79 Å². The number of Topliss-reactive ketones (excluding diaryl/α,β-unsaturated/α-hetero) is 1. The SMILES string of the molecule is CCCCCC(C)(C)c1cc(O)c2c(c1)OCC1CCC(=O)CC21. The molecular formula is C21H30O3. The number of aromatic hydroxyl groups is 1. The predicted octanol–water partition coefficient (Wildman–Crippen LogP) is 5.10. The first-order valence-electron chi connectivity index (χ1n) is 9.44. The summed E-state index contributed by atoms with van der Waals surface area (Å²) in [4.78, 5) is 11.9. The molecule has 1 saturated carbocycles. The van der Waals surface area contributed by atoms with Crippen molar-refractivity contribution in [2.45, 2.75) is 77.0 Å². The Bertz CT molecular complexity index is 618. The predicted molar refractivity (Wildman–Crippen MR) is 95.9 cm³/mol. The number of rotatable bonds is 5. The lowest BCUT2D eigenvalue weighted by molar-refractivity contribution is -0.122. The molecule has 3 rings (SSSR count). The van der Waals surface area contributed by atoms with E-state index in [0.29, 0.717) is 36.9 Å². The molecule has 0 aromatic heterocycles. The van der Waals surface area contributed by atoms with Crippen molar-refractivity contribution in [3.05, 3.63) is 23.3 Å². The Balaban J connectivity index is 1.89. The van der Waals surface area contributed by atoms with Crippen molar-refractivity contribution in [2.24, 2.45) is 5.92 Å². The first-order chi connectivity index (χ1) is 11.4. The fourth-order valence-electron chi connectivity index (χ4n) is 4.25. The lowest BCUT2D eigenvalue weighted by atomic mass is 9.72. The number of unbranched alkanes of at least 4 members (excludes halogenated alkanes) is 2. The monoisotopic (exact) mass is 330 g/mol. The molecule has 3 nitrogen and oxygen atoms in total. The van der Waals surface area contributed by atoms with Crippen LogP contribution in [0.3, 0.4) is 0 Å². The van der Waals surface area contributed by atoms with Crippen molar-refractivity contribution in [1.82, 2.24) is 0 Å². The van der Waals surface area contributed by atoms with Gasteiger partial charge in [-0.05, 0) is 36.0 Å². The highest BCUT2D eigenvalue weighted by molar-refractivity contribution is 5.80. The molecule has 1 aromatic rings. The van der Waals surface area contributed by atoms with Crippen molar-refractivity contribution in [3.8, 4) is 11.5 Å². The average molecular weight is 330 g/mol. The summed E-state index contributed by atoms with van der Waals surface area (Å²) in [5.41, 5.74) is 2.02. The molecule has 2 unspecified atom stereocenters. The lowest BCUT2D eigenvalue weighted by Gasteiger charge is -2.37. The Morgan fingerprint density at radius 2 is 2.08 bits per heavy atom. The zero-order chi connectivity index (χ0) is 17.3. The summed E-state index contributed by atoms with van der Waals surface area (Å²) in [5.74, 6) is 1.92. The summed E-state index contributed by atoms with van der Waals surface area (Å²) in [7, 11) is 0. The molecule has 2 atom stereocenters. The van der Waals surface area contributed by atoms with E-state index >= 15 is 0 Å². The zero-order valence-corrected chi connectivity index (χ0v) is 15.2. The van der Waals surface area contributed by atoms with E-state index in [1.54, 1.807) is 0 Å². The molecule has 1 aromatic carbocycles. The van der Waals surface area contributed by atoms with Gasteiger partial charge in [0, 0.05) is 30.2 Å². The van der Waals surface area contributed by atoms with Gasteiger partial charge in [-0.15, -0.1) is 0 Å². The molecule has 1 aliphatic heterocycles. The van der Waals surface area contributed by atoms with Crippen LogP contribution in [0.1, 0.15) is 82.8 Å². The fourth-order valence-corrected chi connectivity index (χ4v) is 4.25. The highest BCUT2D eigenvalue weighted by Gasteiger charge is 2.38. The maximum Gasteiger partial charge on any atom is 0.133 e. The maximum atomic E-state index is 11.9. The van der Waals surface area contributed by atoms with E-state index in [9.17, 15) is 9.90 Å². The number of ketones is 1. The molecular weight excluding hydrogens is 300 g/mol. The summed E-state index contributed by atoms with van der Waals surface area (Å²) in [6.07, 6.45) is 6.84. The number of hydrogen-bond donors (Lipinski definition) is 1.